The minimum Gasteiger partial charge on any atom is -0.369 e. The lowest BCUT2D eigenvalue weighted by molar-refractivity contribution is 0.385. The highest BCUT2D eigenvalue weighted by Gasteiger charge is 2.29. The number of nitrogens with one attached hydrogen (secondary N) is 2. The summed E-state index contributed by atoms with van der Waals surface area (Å²) in [4.78, 5) is 19.0. The summed E-state index contributed by atoms with van der Waals surface area (Å²) in [6.45, 7) is 4.21. The minimum atomic E-state index is -3.59. The van der Waals surface area contributed by atoms with Crippen molar-refractivity contribution < 1.29 is 8.42 Å². The molecule has 0 spiro atoms. The van der Waals surface area contributed by atoms with E-state index in [1.165, 1.54) is 22.0 Å². The summed E-state index contributed by atoms with van der Waals surface area (Å²) < 4.78 is 27.4. The zero-order valence-electron chi connectivity index (χ0n) is 14.4. The maximum Gasteiger partial charge on any atom is 0.323 e. The molecule has 1 fully saturated rings. The molecular weight excluding hydrogens is 352 g/mol. The highest BCUT2D eigenvalue weighted by Crippen LogP contribution is 2.24. The Morgan fingerprint density at radius 1 is 0.923 bits per heavy atom. The first kappa shape index (κ1) is 16.9. The Morgan fingerprint density at radius 3 is 2.35 bits per heavy atom. The topological polar surface area (TPSA) is 89.3 Å². The molecule has 0 atom stereocenters. The van der Waals surface area contributed by atoms with Crippen molar-refractivity contribution in [3.8, 4) is 0 Å². The number of anilines is 1. The van der Waals surface area contributed by atoms with Crippen LogP contribution in [0.4, 0.5) is 5.69 Å². The van der Waals surface area contributed by atoms with E-state index in [4.69, 9.17) is 0 Å². The van der Waals surface area contributed by atoms with Crippen LogP contribution >= 0.6 is 0 Å². The summed E-state index contributed by atoms with van der Waals surface area (Å²) in [5, 5.41) is 0. The Bertz CT molecular complexity index is 1110. The number of para-hydroxylation sites is 1. The van der Waals surface area contributed by atoms with Crippen molar-refractivity contribution in [3.05, 3.63) is 58.5 Å². The van der Waals surface area contributed by atoms with Crippen LogP contribution in [0, 0.1) is 6.92 Å². The Labute approximate surface area is 151 Å². The number of aromatic amines is 2. The van der Waals surface area contributed by atoms with E-state index in [9.17, 15) is 13.2 Å². The van der Waals surface area contributed by atoms with Gasteiger partial charge in [-0.3, -0.25) is 0 Å². The second-order valence-electron chi connectivity index (χ2n) is 6.46. The van der Waals surface area contributed by atoms with Gasteiger partial charge >= 0.3 is 5.69 Å². The van der Waals surface area contributed by atoms with Gasteiger partial charge in [-0.2, -0.15) is 4.31 Å². The monoisotopic (exact) mass is 372 g/mol. The molecule has 3 aromatic rings. The number of sulfonamides is 1. The number of hydrogen-bond acceptors (Lipinski definition) is 4. The van der Waals surface area contributed by atoms with Gasteiger partial charge in [0.2, 0.25) is 10.0 Å². The lowest BCUT2D eigenvalue weighted by Crippen LogP contribution is -2.48. The van der Waals surface area contributed by atoms with Crippen LogP contribution in [0.5, 0.6) is 0 Å². The number of H-pyrrole nitrogens is 2. The number of piperazine rings is 1. The molecule has 2 aromatic carbocycles. The Morgan fingerprint density at radius 2 is 1.62 bits per heavy atom. The van der Waals surface area contributed by atoms with Crippen molar-refractivity contribution in [2.75, 3.05) is 31.1 Å². The van der Waals surface area contributed by atoms with Crippen LogP contribution in [-0.2, 0) is 10.0 Å². The second kappa shape index (κ2) is 6.30. The number of aromatic nitrogens is 2. The van der Waals surface area contributed by atoms with Crippen LogP contribution in [0.15, 0.2) is 52.2 Å². The van der Waals surface area contributed by atoms with Crippen molar-refractivity contribution in [2.45, 2.75) is 11.8 Å². The van der Waals surface area contributed by atoms with E-state index in [2.05, 4.69) is 33.9 Å². The van der Waals surface area contributed by atoms with Crippen LogP contribution in [0.2, 0.25) is 0 Å². The molecule has 2 heterocycles. The fourth-order valence-electron chi connectivity index (χ4n) is 3.41. The van der Waals surface area contributed by atoms with Crippen LogP contribution < -0.4 is 10.6 Å². The van der Waals surface area contributed by atoms with E-state index in [1.807, 2.05) is 12.1 Å². The predicted octanol–water partition coefficient (Wildman–Crippen LogP) is 1.68. The standard InChI is InChI=1S/C18H20N4O3S/c1-13-4-2-3-5-17(13)21-8-10-22(11-9-21)26(24,25)14-6-7-15-16(12-14)20-18(23)19-15/h2-7,12H,8-11H2,1H3,(H2,19,20,23). The SMILES string of the molecule is Cc1ccccc1N1CCN(S(=O)(=O)c2ccc3[nH]c(=O)[nH]c3c2)CC1. The van der Waals surface area contributed by atoms with Crippen LogP contribution in [0.1, 0.15) is 5.56 Å². The lowest BCUT2D eigenvalue weighted by atomic mass is 10.1. The predicted molar refractivity (Wildman–Crippen MR) is 101 cm³/mol. The maximum atomic E-state index is 13.0. The molecule has 1 saturated heterocycles. The molecule has 0 bridgehead atoms. The van der Waals surface area contributed by atoms with E-state index in [1.54, 1.807) is 6.07 Å². The van der Waals surface area contributed by atoms with Crippen LogP contribution in [0.3, 0.4) is 0 Å². The molecule has 0 radical (unpaired) electrons. The van der Waals surface area contributed by atoms with Gasteiger partial charge in [-0.05, 0) is 36.8 Å². The lowest BCUT2D eigenvalue weighted by Gasteiger charge is -2.36. The summed E-state index contributed by atoms with van der Waals surface area (Å²) in [6, 6.07) is 12.8. The molecule has 7 nitrogen and oxygen atoms in total. The number of benzene rings is 2. The van der Waals surface area contributed by atoms with Gasteiger partial charge in [-0.25, -0.2) is 13.2 Å². The van der Waals surface area contributed by atoms with Crippen molar-refractivity contribution in [3.63, 3.8) is 0 Å². The van der Waals surface area contributed by atoms with E-state index in [0.717, 1.165) is 5.69 Å². The number of nitrogens with zero attached hydrogens (tertiary/aromatic N) is 2. The average molecular weight is 372 g/mol. The Hall–Kier alpha value is -2.58. The molecule has 4 rings (SSSR count). The molecule has 0 unspecified atom stereocenters. The largest absolute Gasteiger partial charge is 0.369 e. The number of hydrogen-bond donors (Lipinski definition) is 2. The molecule has 136 valence electrons. The fraction of sp³-hybridized carbons (Fsp3) is 0.278. The Balaban J connectivity index is 1.55. The zero-order valence-corrected chi connectivity index (χ0v) is 15.2. The van der Waals surface area contributed by atoms with Crippen LogP contribution in [-0.4, -0.2) is 48.9 Å². The first-order valence-corrected chi connectivity index (χ1v) is 9.92. The van der Waals surface area contributed by atoms with Gasteiger partial charge in [0.1, 0.15) is 0 Å². The summed E-state index contributed by atoms with van der Waals surface area (Å²) in [6.07, 6.45) is 0. The number of fused-ring (bicyclic) bond motifs is 1. The molecule has 8 heteroatoms. The molecular formula is C18H20N4O3S. The van der Waals surface area contributed by atoms with Crippen molar-refractivity contribution >= 4 is 26.7 Å². The normalized spacial score (nSPS) is 16.3. The van der Waals surface area contributed by atoms with Gasteiger partial charge in [0.15, 0.2) is 0 Å². The third-order valence-electron chi connectivity index (χ3n) is 4.82. The van der Waals surface area contributed by atoms with Gasteiger partial charge < -0.3 is 14.9 Å². The Kier molecular flexibility index (Phi) is 4.08. The summed E-state index contributed by atoms with van der Waals surface area (Å²) in [5.41, 5.74) is 3.08. The van der Waals surface area contributed by atoms with E-state index >= 15 is 0 Å². The first-order chi connectivity index (χ1) is 12.4. The third-order valence-corrected chi connectivity index (χ3v) is 6.71. The van der Waals surface area contributed by atoms with E-state index < -0.39 is 10.0 Å². The van der Waals surface area contributed by atoms with Crippen molar-refractivity contribution in [1.29, 1.82) is 0 Å². The van der Waals surface area contributed by atoms with E-state index in [0.29, 0.717) is 37.2 Å². The molecule has 0 amide bonds. The molecule has 0 saturated carbocycles. The van der Waals surface area contributed by atoms with Crippen molar-refractivity contribution in [2.24, 2.45) is 0 Å². The fourth-order valence-corrected chi connectivity index (χ4v) is 4.86. The summed E-state index contributed by atoms with van der Waals surface area (Å²) >= 11 is 0. The number of rotatable bonds is 3. The third kappa shape index (κ3) is 2.91. The van der Waals surface area contributed by atoms with Crippen LogP contribution in [0.25, 0.3) is 11.0 Å². The van der Waals surface area contributed by atoms with Gasteiger partial charge in [-0.1, -0.05) is 18.2 Å². The molecule has 1 aliphatic heterocycles. The molecule has 26 heavy (non-hydrogen) atoms. The summed E-state index contributed by atoms with van der Waals surface area (Å²) in [5.74, 6) is 0. The molecule has 1 aliphatic rings. The first-order valence-electron chi connectivity index (χ1n) is 8.48. The number of aryl methyl sites for hydroxylation is 1. The highest BCUT2D eigenvalue weighted by atomic mass is 32.2. The summed E-state index contributed by atoms with van der Waals surface area (Å²) in [7, 11) is -3.59. The minimum absolute atomic E-state index is 0.199. The van der Waals surface area contributed by atoms with Crippen molar-refractivity contribution in [1.82, 2.24) is 14.3 Å². The van der Waals surface area contributed by atoms with Gasteiger partial charge in [-0.15, -0.1) is 0 Å². The molecule has 1 aromatic heterocycles. The van der Waals surface area contributed by atoms with E-state index in [-0.39, 0.29) is 10.6 Å². The molecule has 2 N–H and O–H groups in total. The second-order valence-corrected chi connectivity index (χ2v) is 8.40. The van der Waals surface area contributed by atoms with Gasteiger partial charge in [0.05, 0.1) is 15.9 Å². The zero-order chi connectivity index (χ0) is 18.3. The quantitative estimate of drug-likeness (QED) is 0.732. The average Bonchev–Trinajstić information content (AvgIpc) is 3.01. The highest BCUT2D eigenvalue weighted by molar-refractivity contribution is 7.89. The maximum absolute atomic E-state index is 13.0. The van der Waals surface area contributed by atoms with Gasteiger partial charge in [0.25, 0.3) is 0 Å². The van der Waals surface area contributed by atoms with Gasteiger partial charge in [0, 0.05) is 31.9 Å². The molecule has 0 aliphatic carbocycles. The number of imidazole rings is 1. The smallest absolute Gasteiger partial charge is 0.323 e.